The van der Waals surface area contributed by atoms with Crippen LogP contribution in [0.15, 0.2) is 36.5 Å². The number of methoxy groups -OCH3 is 3. The van der Waals surface area contributed by atoms with Crippen LogP contribution in [0, 0.1) is 0 Å². The van der Waals surface area contributed by atoms with Crippen LogP contribution in [-0.2, 0) is 13.1 Å². The van der Waals surface area contributed by atoms with E-state index in [0.717, 1.165) is 21.0 Å². The fourth-order valence-electron chi connectivity index (χ4n) is 2.72. The van der Waals surface area contributed by atoms with Gasteiger partial charge in [-0.05, 0) is 29.8 Å². The summed E-state index contributed by atoms with van der Waals surface area (Å²) < 4.78 is 16.2. The molecule has 3 rings (SSSR count). The quantitative estimate of drug-likeness (QED) is 0.507. The normalized spacial score (nSPS) is 10.8. The van der Waals surface area contributed by atoms with Crippen LogP contribution in [0.3, 0.4) is 0 Å². The van der Waals surface area contributed by atoms with E-state index in [9.17, 15) is 0 Å². The molecule has 148 valence electrons. The van der Waals surface area contributed by atoms with Crippen molar-refractivity contribution in [1.82, 2.24) is 10.3 Å². The molecule has 0 spiro atoms. The van der Waals surface area contributed by atoms with Gasteiger partial charge in [0, 0.05) is 34.9 Å². The Morgan fingerprint density at radius 3 is 2.29 bits per heavy atom. The van der Waals surface area contributed by atoms with Crippen LogP contribution in [-0.4, -0.2) is 26.3 Å². The number of hydrogen-bond donors (Lipinski definition) is 1. The second-order valence-electron chi connectivity index (χ2n) is 5.87. The predicted molar refractivity (Wildman–Crippen MR) is 114 cm³/mol. The minimum Gasteiger partial charge on any atom is -0.493 e. The number of rotatable bonds is 8. The summed E-state index contributed by atoms with van der Waals surface area (Å²) in [6.07, 6.45) is 1.84. The zero-order valence-corrected chi connectivity index (χ0v) is 18.0. The zero-order chi connectivity index (χ0) is 20.1. The molecule has 2 aromatic carbocycles. The van der Waals surface area contributed by atoms with Gasteiger partial charge in [-0.25, -0.2) is 4.98 Å². The van der Waals surface area contributed by atoms with Crippen molar-refractivity contribution in [1.29, 1.82) is 0 Å². The molecule has 1 aromatic heterocycles. The predicted octanol–water partition coefficient (Wildman–Crippen LogP) is 5.43. The molecule has 0 aliphatic rings. The van der Waals surface area contributed by atoms with Gasteiger partial charge in [0.1, 0.15) is 5.01 Å². The Kier molecular flexibility index (Phi) is 7.02. The van der Waals surface area contributed by atoms with Crippen LogP contribution < -0.4 is 19.5 Å². The lowest BCUT2D eigenvalue weighted by Crippen LogP contribution is -2.12. The van der Waals surface area contributed by atoms with E-state index < -0.39 is 0 Å². The largest absolute Gasteiger partial charge is 0.493 e. The topological polar surface area (TPSA) is 52.6 Å². The van der Waals surface area contributed by atoms with Crippen LogP contribution in [0.1, 0.15) is 10.6 Å². The van der Waals surface area contributed by atoms with Gasteiger partial charge in [-0.1, -0.05) is 29.3 Å². The molecule has 1 N–H and O–H groups in total. The molecule has 0 bridgehead atoms. The molecule has 0 saturated heterocycles. The minimum absolute atomic E-state index is 0.569. The molecule has 0 aliphatic carbocycles. The summed E-state index contributed by atoms with van der Waals surface area (Å²) in [5, 5.41) is 5.60. The van der Waals surface area contributed by atoms with Gasteiger partial charge >= 0.3 is 0 Å². The van der Waals surface area contributed by atoms with E-state index in [1.807, 2.05) is 30.5 Å². The molecule has 3 aromatic rings. The maximum atomic E-state index is 6.21. The number of halogens is 2. The van der Waals surface area contributed by atoms with Gasteiger partial charge in [-0.3, -0.25) is 0 Å². The fourth-order valence-corrected chi connectivity index (χ4v) is 4.07. The molecular weight excluding hydrogens is 419 g/mol. The number of nitrogens with one attached hydrogen (secondary N) is 1. The Balaban J connectivity index is 1.71. The van der Waals surface area contributed by atoms with Gasteiger partial charge in [0.15, 0.2) is 11.5 Å². The number of aromatic nitrogens is 1. The van der Waals surface area contributed by atoms with Crippen molar-refractivity contribution < 1.29 is 14.2 Å². The molecule has 8 heteroatoms. The van der Waals surface area contributed by atoms with Gasteiger partial charge in [-0.15, -0.1) is 11.3 Å². The Morgan fingerprint density at radius 1 is 0.964 bits per heavy atom. The Morgan fingerprint density at radius 2 is 1.68 bits per heavy atom. The molecule has 5 nitrogen and oxygen atoms in total. The van der Waals surface area contributed by atoms with Gasteiger partial charge in [0.05, 0.1) is 26.2 Å². The van der Waals surface area contributed by atoms with Crippen molar-refractivity contribution in [2.75, 3.05) is 21.3 Å². The maximum Gasteiger partial charge on any atom is 0.203 e. The third-order valence-corrected chi connectivity index (χ3v) is 5.74. The van der Waals surface area contributed by atoms with Crippen LogP contribution >= 0.6 is 34.5 Å². The molecule has 0 fully saturated rings. The smallest absolute Gasteiger partial charge is 0.203 e. The van der Waals surface area contributed by atoms with E-state index in [1.165, 1.54) is 0 Å². The molecular formula is C20H20Cl2N2O3S. The van der Waals surface area contributed by atoms with Crippen LogP contribution in [0.5, 0.6) is 17.2 Å². The molecule has 0 saturated carbocycles. The van der Waals surface area contributed by atoms with E-state index in [4.69, 9.17) is 37.4 Å². The van der Waals surface area contributed by atoms with Crippen LogP contribution in [0.25, 0.3) is 10.4 Å². The van der Waals surface area contributed by atoms with E-state index in [1.54, 1.807) is 38.7 Å². The third-order valence-electron chi connectivity index (χ3n) is 4.11. The molecule has 0 unspecified atom stereocenters. The number of thiazole rings is 1. The highest BCUT2D eigenvalue weighted by atomic mass is 35.5. The average Bonchev–Trinajstić information content (AvgIpc) is 3.17. The van der Waals surface area contributed by atoms with Crippen LogP contribution in [0.4, 0.5) is 0 Å². The number of ether oxygens (including phenoxy) is 3. The lowest BCUT2D eigenvalue weighted by molar-refractivity contribution is 0.324. The lowest BCUT2D eigenvalue weighted by atomic mass is 10.1. The molecule has 0 radical (unpaired) electrons. The Bertz CT molecular complexity index is 937. The number of hydrogen-bond acceptors (Lipinski definition) is 6. The summed E-state index contributed by atoms with van der Waals surface area (Å²) in [5.74, 6) is 1.80. The van der Waals surface area contributed by atoms with E-state index in [0.29, 0.717) is 40.4 Å². The monoisotopic (exact) mass is 438 g/mol. The van der Waals surface area contributed by atoms with Gasteiger partial charge < -0.3 is 19.5 Å². The fraction of sp³-hybridized carbons (Fsp3) is 0.250. The molecule has 28 heavy (non-hydrogen) atoms. The van der Waals surface area contributed by atoms with E-state index in [-0.39, 0.29) is 0 Å². The van der Waals surface area contributed by atoms with Gasteiger partial charge in [0.2, 0.25) is 5.75 Å². The van der Waals surface area contributed by atoms with Crippen LogP contribution in [0.2, 0.25) is 10.0 Å². The molecule has 0 atom stereocenters. The number of nitrogens with zero attached hydrogens (tertiary/aromatic N) is 1. The summed E-state index contributed by atoms with van der Waals surface area (Å²) in [4.78, 5) is 5.52. The highest BCUT2D eigenvalue weighted by molar-refractivity contribution is 7.15. The van der Waals surface area contributed by atoms with Crippen molar-refractivity contribution in [3.05, 3.63) is 57.1 Å². The SMILES string of the molecule is COc1cc(-c2cnc(CNCc3ccc(Cl)cc3Cl)s2)cc(OC)c1OC. The third kappa shape index (κ3) is 4.70. The summed E-state index contributed by atoms with van der Waals surface area (Å²) in [7, 11) is 4.79. The Labute approximate surface area is 178 Å². The molecule has 1 heterocycles. The van der Waals surface area contributed by atoms with Crippen molar-refractivity contribution in [3.63, 3.8) is 0 Å². The zero-order valence-electron chi connectivity index (χ0n) is 15.7. The molecule has 0 aliphatic heterocycles. The van der Waals surface area contributed by atoms with Gasteiger partial charge in [-0.2, -0.15) is 0 Å². The second kappa shape index (κ2) is 9.47. The van der Waals surface area contributed by atoms with E-state index in [2.05, 4.69) is 10.3 Å². The van der Waals surface area contributed by atoms with Crippen molar-refractivity contribution in [2.45, 2.75) is 13.1 Å². The highest BCUT2D eigenvalue weighted by Gasteiger charge is 2.15. The van der Waals surface area contributed by atoms with Crippen molar-refractivity contribution in [3.8, 4) is 27.7 Å². The van der Waals surface area contributed by atoms with E-state index >= 15 is 0 Å². The summed E-state index contributed by atoms with van der Waals surface area (Å²) in [5.41, 5.74) is 1.95. The highest BCUT2D eigenvalue weighted by Crippen LogP contribution is 2.42. The Hall–Kier alpha value is -1.99. The van der Waals surface area contributed by atoms with Crippen molar-refractivity contribution in [2.24, 2.45) is 0 Å². The molecule has 0 amide bonds. The summed E-state index contributed by atoms with van der Waals surface area (Å²) in [6.45, 7) is 1.27. The first-order valence-electron chi connectivity index (χ1n) is 8.45. The van der Waals surface area contributed by atoms with Crippen molar-refractivity contribution >= 4 is 34.5 Å². The first-order valence-corrected chi connectivity index (χ1v) is 10.0. The first-order chi connectivity index (χ1) is 13.5. The minimum atomic E-state index is 0.569. The second-order valence-corrected chi connectivity index (χ2v) is 7.83. The van der Waals surface area contributed by atoms with Gasteiger partial charge in [0.25, 0.3) is 0 Å². The standard InChI is InChI=1S/C20H20Cl2N2O3S/c1-25-16-6-13(7-17(26-2)20(16)27-3)18-10-24-19(28-18)11-23-9-12-4-5-14(21)8-15(12)22/h4-8,10,23H,9,11H2,1-3H3. The summed E-state index contributed by atoms with van der Waals surface area (Å²) in [6, 6.07) is 9.32. The average molecular weight is 439 g/mol. The number of benzene rings is 2. The summed E-state index contributed by atoms with van der Waals surface area (Å²) >= 11 is 13.7. The lowest BCUT2D eigenvalue weighted by Gasteiger charge is -2.13. The first kappa shape index (κ1) is 20.7. The maximum absolute atomic E-state index is 6.21.